The summed E-state index contributed by atoms with van der Waals surface area (Å²) in [6, 6.07) is 5.85. The molecule has 0 unspecified atom stereocenters. The molecule has 3 heterocycles. The fourth-order valence-corrected chi connectivity index (χ4v) is 3.81. The van der Waals surface area contributed by atoms with Crippen LogP contribution in [0.4, 0.5) is 0 Å². The summed E-state index contributed by atoms with van der Waals surface area (Å²) in [7, 11) is 0. The van der Waals surface area contributed by atoms with E-state index in [1.807, 2.05) is 33.9 Å². The summed E-state index contributed by atoms with van der Waals surface area (Å²) >= 11 is 3.49. The molecule has 0 spiro atoms. The average Bonchev–Trinajstić information content (AvgIpc) is 3.09. The fraction of sp³-hybridized carbons (Fsp3) is 0.500. The summed E-state index contributed by atoms with van der Waals surface area (Å²) in [5.74, 6) is 0.0707. The molecule has 6 nitrogen and oxygen atoms in total. The molecule has 1 aliphatic heterocycles. The van der Waals surface area contributed by atoms with Gasteiger partial charge >= 0.3 is 0 Å². The molecule has 0 bridgehead atoms. The number of aryl methyl sites for hydroxylation is 1. The minimum atomic E-state index is 0.0707. The molecule has 27 heavy (non-hydrogen) atoms. The highest BCUT2D eigenvalue weighted by molar-refractivity contribution is 9.10. The number of ether oxygens (including phenoxy) is 1. The molecule has 0 saturated carbocycles. The van der Waals surface area contributed by atoms with E-state index in [4.69, 9.17) is 4.74 Å². The zero-order valence-corrected chi connectivity index (χ0v) is 17.4. The maximum atomic E-state index is 13.3. The van der Waals surface area contributed by atoms with Gasteiger partial charge < -0.3 is 14.2 Å². The normalized spacial score (nSPS) is 15.0. The van der Waals surface area contributed by atoms with Gasteiger partial charge in [-0.2, -0.15) is 0 Å². The van der Waals surface area contributed by atoms with Gasteiger partial charge in [0, 0.05) is 62.3 Å². The zero-order valence-electron chi connectivity index (χ0n) is 15.8. The van der Waals surface area contributed by atoms with Gasteiger partial charge in [0.05, 0.1) is 13.2 Å². The molecule has 1 saturated heterocycles. The highest BCUT2D eigenvalue weighted by Gasteiger charge is 2.20. The third kappa shape index (κ3) is 5.64. The molecule has 0 aliphatic carbocycles. The minimum absolute atomic E-state index is 0.0707. The summed E-state index contributed by atoms with van der Waals surface area (Å²) in [4.78, 5) is 21.7. The van der Waals surface area contributed by atoms with Gasteiger partial charge in [-0.25, -0.2) is 0 Å². The Labute approximate surface area is 169 Å². The number of halogens is 1. The second-order valence-corrected chi connectivity index (χ2v) is 7.63. The molecule has 2 aromatic rings. The molecule has 1 amide bonds. The predicted octanol–water partition coefficient (Wildman–Crippen LogP) is 3.03. The fourth-order valence-electron chi connectivity index (χ4n) is 3.35. The Morgan fingerprint density at radius 1 is 1.30 bits per heavy atom. The van der Waals surface area contributed by atoms with Gasteiger partial charge in [-0.1, -0.05) is 0 Å². The number of pyridine rings is 1. The van der Waals surface area contributed by atoms with Crippen molar-refractivity contribution in [3.05, 3.63) is 52.5 Å². The molecule has 1 aliphatic rings. The Hall–Kier alpha value is -1.70. The third-order valence-electron chi connectivity index (χ3n) is 4.84. The van der Waals surface area contributed by atoms with Crippen LogP contribution in [0.1, 0.15) is 29.4 Å². The van der Waals surface area contributed by atoms with E-state index in [-0.39, 0.29) is 5.91 Å². The maximum Gasteiger partial charge on any atom is 0.270 e. The van der Waals surface area contributed by atoms with Gasteiger partial charge in [0.1, 0.15) is 5.69 Å². The van der Waals surface area contributed by atoms with Crippen LogP contribution in [-0.2, 0) is 17.8 Å². The van der Waals surface area contributed by atoms with E-state index < -0.39 is 0 Å². The smallest absolute Gasteiger partial charge is 0.270 e. The van der Waals surface area contributed by atoms with E-state index in [9.17, 15) is 4.79 Å². The predicted molar refractivity (Wildman–Crippen MR) is 109 cm³/mol. The van der Waals surface area contributed by atoms with Crippen LogP contribution in [0.5, 0.6) is 0 Å². The molecular weight excluding hydrogens is 408 g/mol. The summed E-state index contributed by atoms with van der Waals surface area (Å²) in [5.41, 5.74) is 1.82. The highest BCUT2D eigenvalue weighted by atomic mass is 79.9. The van der Waals surface area contributed by atoms with Gasteiger partial charge in [-0.15, -0.1) is 0 Å². The highest BCUT2D eigenvalue weighted by Crippen LogP contribution is 2.18. The number of hydrogen-bond donors (Lipinski definition) is 0. The van der Waals surface area contributed by atoms with Crippen molar-refractivity contribution in [2.24, 2.45) is 0 Å². The monoisotopic (exact) mass is 434 g/mol. The molecular formula is C20H27BrN4O2. The van der Waals surface area contributed by atoms with Crippen LogP contribution < -0.4 is 0 Å². The first-order valence-corrected chi connectivity index (χ1v) is 10.3. The van der Waals surface area contributed by atoms with Crippen molar-refractivity contribution in [2.45, 2.75) is 26.4 Å². The van der Waals surface area contributed by atoms with Crippen LogP contribution >= 0.6 is 15.9 Å². The number of nitrogens with zero attached hydrogens (tertiary/aromatic N) is 4. The topological polar surface area (TPSA) is 50.6 Å². The lowest BCUT2D eigenvalue weighted by Gasteiger charge is -2.28. The van der Waals surface area contributed by atoms with Gasteiger partial charge in [0.2, 0.25) is 0 Å². The van der Waals surface area contributed by atoms with Gasteiger partial charge in [0.25, 0.3) is 5.91 Å². The van der Waals surface area contributed by atoms with Crippen molar-refractivity contribution < 1.29 is 9.53 Å². The van der Waals surface area contributed by atoms with Crippen LogP contribution in [0.25, 0.3) is 0 Å². The molecule has 2 aromatic heterocycles. The first kappa shape index (κ1) is 20.0. The quantitative estimate of drug-likeness (QED) is 0.640. The summed E-state index contributed by atoms with van der Waals surface area (Å²) in [6.45, 7) is 8.69. The molecule has 0 atom stereocenters. The largest absolute Gasteiger partial charge is 0.379 e. The maximum absolute atomic E-state index is 13.3. The molecule has 7 heteroatoms. The van der Waals surface area contributed by atoms with E-state index in [1.54, 1.807) is 12.4 Å². The van der Waals surface area contributed by atoms with Crippen molar-refractivity contribution in [3.8, 4) is 0 Å². The minimum Gasteiger partial charge on any atom is -0.379 e. The number of morpholine rings is 1. The average molecular weight is 435 g/mol. The van der Waals surface area contributed by atoms with Crippen LogP contribution in [0.15, 0.2) is 41.3 Å². The van der Waals surface area contributed by atoms with Crippen molar-refractivity contribution in [3.63, 3.8) is 0 Å². The number of rotatable bonds is 8. The summed E-state index contributed by atoms with van der Waals surface area (Å²) in [5, 5.41) is 0. The zero-order chi connectivity index (χ0) is 19.1. The Morgan fingerprint density at radius 2 is 2.04 bits per heavy atom. The Bertz CT molecular complexity index is 729. The molecule has 146 valence electrons. The number of carbonyl (C=O) groups is 1. The van der Waals surface area contributed by atoms with E-state index in [0.29, 0.717) is 6.54 Å². The van der Waals surface area contributed by atoms with E-state index in [0.717, 1.165) is 68.1 Å². The second-order valence-electron chi connectivity index (χ2n) is 6.72. The van der Waals surface area contributed by atoms with Gasteiger partial charge in [0.15, 0.2) is 0 Å². The standard InChI is InChI=1S/C20H27BrN4O2/c1-2-24-16-18(21)14-19(24)20(26)25(15-17-4-6-22-7-5-17)9-3-8-23-10-12-27-13-11-23/h4-7,14,16H,2-3,8-13,15H2,1H3. The molecule has 3 rings (SSSR count). The van der Waals surface area contributed by atoms with Crippen LogP contribution in [0.2, 0.25) is 0 Å². The van der Waals surface area contributed by atoms with Crippen LogP contribution in [0, 0.1) is 0 Å². The lowest BCUT2D eigenvalue weighted by Crippen LogP contribution is -2.39. The number of aromatic nitrogens is 2. The SMILES string of the molecule is CCn1cc(Br)cc1C(=O)N(CCCN1CCOCC1)Cc1ccncc1. The van der Waals surface area contributed by atoms with Crippen molar-refractivity contribution >= 4 is 21.8 Å². The summed E-state index contributed by atoms with van der Waals surface area (Å²) in [6.07, 6.45) is 6.46. The Morgan fingerprint density at radius 3 is 2.74 bits per heavy atom. The third-order valence-corrected chi connectivity index (χ3v) is 5.27. The van der Waals surface area contributed by atoms with E-state index in [2.05, 4.69) is 32.7 Å². The lowest BCUT2D eigenvalue weighted by molar-refractivity contribution is 0.0355. The number of carbonyl (C=O) groups excluding carboxylic acids is 1. The molecule has 0 radical (unpaired) electrons. The first-order chi connectivity index (χ1) is 13.2. The Kier molecular flexibility index (Phi) is 7.43. The van der Waals surface area contributed by atoms with Crippen molar-refractivity contribution in [1.82, 2.24) is 19.4 Å². The molecule has 0 aromatic carbocycles. The van der Waals surface area contributed by atoms with Gasteiger partial charge in [-0.05, 0) is 53.0 Å². The summed E-state index contributed by atoms with van der Waals surface area (Å²) < 4.78 is 8.34. The van der Waals surface area contributed by atoms with Crippen molar-refractivity contribution in [2.75, 3.05) is 39.4 Å². The number of hydrogen-bond acceptors (Lipinski definition) is 4. The molecule has 1 fully saturated rings. The Balaban J connectivity index is 1.69. The second kappa shape index (κ2) is 10.0. The lowest BCUT2D eigenvalue weighted by atomic mass is 10.2. The van der Waals surface area contributed by atoms with Crippen molar-refractivity contribution in [1.29, 1.82) is 0 Å². The van der Waals surface area contributed by atoms with Crippen LogP contribution in [0.3, 0.4) is 0 Å². The van der Waals surface area contributed by atoms with Gasteiger partial charge in [-0.3, -0.25) is 14.7 Å². The van der Waals surface area contributed by atoms with E-state index in [1.165, 1.54) is 0 Å². The number of amides is 1. The first-order valence-electron chi connectivity index (χ1n) is 9.51. The molecule has 0 N–H and O–H groups in total. The van der Waals surface area contributed by atoms with E-state index >= 15 is 0 Å². The van der Waals surface area contributed by atoms with Crippen LogP contribution in [-0.4, -0.2) is 64.7 Å².